The molecular weight excluding hydrogens is 602 g/mol. The van der Waals surface area contributed by atoms with Crippen LogP contribution in [0.4, 0.5) is 0 Å². The summed E-state index contributed by atoms with van der Waals surface area (Å²) >= 11 is 0. The van der Waals surface area contributed by atoms with Crippen molar-refractivity contribution in [1.29, 1.82) is 0 Å². The molecule has 1 aromatic carbocycles. The van der Waals surface area contributed by atoms with Crippen LogP contribution in [0.15, 0.2) is 34.7 Å². The van der Waals surface area contributed by atoms with Crippen molar-refractivity contribution in [3.8, 4) is 0 Å². The molecule has 0 spiro atoms. The van der Waals surface area contributed by atoms with E-state index in [0.717, 1.165) is 11.1 Å². The molecule has 0 amide bonds. The molecule has 1 aliphatic carbocycles. The monoisotopic (exact) mass is 630 g/mol. The molecule has 1 saturated heterocycles. The zero-order chi connectivity index (χ0) is 23.9. The zero-order valence-electron chi connectivity index (χ0n) is 18.4. The third kappa shape index (κ3) is 9.31. The van der Waals surface area contributed by atoms with Gasteiger partial charge < -0.3 is 10.8 Å². The molecule has 7 nitrogen and oxygen atoms in total. The topological polar surface area (TPSA) is 106 Å². The van der Waals surface area contributed by atoms with E-state index in [-0.39, 0.29) is 26.5 Å². The van der Waals surface area contributed by atoms with E-state index in [0.29, 0.717) is 31.2 Å². The van der Waals surface area contributed by atoms with Crippen molar-refractivity contribution in [1.82, 2.24) is 4.31 Å². The predicted octanol–water partition coefficient (Wildman–Crippen LogP) is 3.60. The van der Waals surface area contributed by atoms with Gasteiger partial charge in [-0.1, -0.05) is 63.3 Å². The normalized spacial score (nSPS) is 20.9. The maximum atomic E-state index is 12.7. The first-order chi connectivity index (χ1) is 14.9. The van der Waals surface area contributed by atoms with Crippen LogP contribution < -0.4 is 0 Å². The molecule has 4 rings (SSSR count). The summed E-state index contributed by atoms with van der Waals surface area (Å²) in [5.41, 5.74) is 1.88. The summed E-state index contributed by atoms with van der Waals surface area (Å²) in [4.78, 5) is 0.354. The number of benzene rings is 1. The van der Waals surface area contributed by atoms with E-state index in [2.05, 4.69) is 26.0 Å². The summed E-state index contributed by atoms with van der Waals surface area (Å²) in [6.07, 6.45) is 10.7. The number of fused-ring (bicyclic) bond motifs is 1. The Hall–Kier alpha value is -1.26. The van der Waals surface area contributed by atoms with Gasteiger partial charge in [0.1, 0.15) is 0 Å². The van der Waals surface area contributed by atoms with E-state index >= 15 is 0 Å². The second kappa shape index (κ2) is 17.2. The van der Waals surface area contributed by atoms with Gasteiger partial charge in [-0.05, 0) is 24.5 Å². The van der Waals surface area contributed by atoms with Gasteiger partial charge in [-0.25, -0.2) is 14.0 Å². The quantitative estimate of drug-likeness (QED) is 0.369. The van der Waals surface area contributed by atoms with E-state index in [4.69, 9.17) is 18.7 Å². The minimum atomic E-state index is -3.43. The molecule has 2 fully saturated rings. The summed E-state index contributed by atoms with van der Waals surface area (Å²) in [6, 6.07) is 6.99. The number of aryl methyl sites for hydroxylation is 1. The average Bonchev–Trinajstić information content (AvgIpc) is 3.50. The van der Waals surface area contributed by atoms with Crippen LogP contribution in [0.25, 0.3) is 0 Å². The summed E-state index contributed by atoms with van der Waals surface area (Å²) in [6.45, 7) is 19.4. The van der Waals surface area contributed by atoms with Crippen LogP contribution in [0, 0.1) is 38.4 Å². The summed E-state index contributed by atoms with van der Waals surface area (Å²) in [5.74, 6) is 0. The molecule has 0 aromatic heterocycles. The SMILES string of the molecule is C1CCCC1.Cc1ccc(S(=O)(=O)N2CC3=[C-]COCC3(C)C2)cc1.[C-]#[O+].[C-]#[O+].[C-]#[O+].[W+2]. The van der Waals surface area contributed by atoms with Gasteiger partial charge in [0.15, 0.2) is 0 Å². The molecule has 1 atom stereocenters. The first kappa shape index (κ1) is 32.9. The number of hydrogen-bond acceptors (Lipinski definition) is 3. The van der Waals surface area contributed by atoms with Crippen LogP contribution in [0.3, 0.4) is 0 Å². The van der Waals surface area contributed by atoms with Crippen molar-refractivity contribution in [3.05, 3.63) is 61.4 Å². The van der Waals surface area contributed by atoms with Gasteiger partial charge in [0.05, 0.1) is 11.5 Å². The van der Waals surface area contributed by atoms with Crippen LogP contribution in [-0.4, -0.2) is 39.0 Å². The average molecular weight is 630 g/mol. The fourth-order valence-corrected chi connectivity index (χ4v) is 5.17. The molecule has 0 bridgehead atoms. The second-order valence-electron chi connectivity index (χ2n) is 7.56. The Kier molecular flexibility index (Phi) is 17.7. The number of sulfonamides is 1. The number of rotatable bonds is 2. The third-order valence-corrected chi connectivity index (χ3v) is 7.11. The van der Waals surface area contributed by atoms with Crippen molar-refractivity contribution in [2.75, 3.05) is 26.3 Å². The molecule has 9 heteroatoms. The van der Waals surface area contributed by atoms with E-state index in [1.807, 2.05) is 26.0 Å². The Morgan fingerprint density at radius 1 is 0.969 bits per heavy atom. The van der Waals surface area contributed by atoms with Gasteiger partial charge in [-0.2, -0.15) is 4.31 Å². The first-order valence-electron chi connectivity index (χ1n) is 9.78. The Balaban J connectivity index is 0. The Morgan fingerprint density at radius 3 is 1.88 bits per heavy atom. The molecule has 2 aliphatic heterocycles. The van der Waals surface area contributed by atoms with Gasteiger partial charge in [-0.3, -0.25) is 0 Å². The van der Waals surface area contributed by atoms with Crippen LogP contribution in [0.5, 0.6) is 0 Å². The van der Waals surface area contributed by atoms with Gasteiger partial charge in [0.2, 0.25) is 10.0 Å². The minimum Gasteiger partial charge on any atom is 2.00 e. The second-order valence-corrected chi connectivity index (χ2v) is 9.50. The number of nitrogens with zero attached hydrogens (tertiary/aromatic N) is 1. The molecule has 1 saturated carbocycles. The maximum Gasteiger partial charge on any atom is 2.00 e. The molecule has 32 heavy (non-hydrogen) atoms. The van der Waals surface area contributed by atoms with Gasteiger partial charge in [0, 0.05) is 13.1 Å². The maximum absolute atomic E-state index is 12.7. The fourth-order valence-electron chi connectivity index (χ4n) is 3.64. The van der Waals surface area contributed by atoms with E-state index in [1.54, 1.807) is 12.1 Å². The van der Waals surface area contributed by atoms with Crippen LogP contribution in [0.2, 0.25) is 0 Å². The Morgan fingerprint density at radius 2 is 1.44 bits per heavy atom. The summed E-state index contributed by atoms with van der Waals surface area (Å²) in [7, 11) is -3.43. The molecule has 1 unspecified atom stereocenters. The standard InChI is InChI=1S/C15H18NO3S.C5H10.3CO.W/c1-12-3-5-14(6-4-12)20(17,18)16-9-13-7-8-19-11-15(13,2)10-16;1-2-4-5-3-1;3*1-2;/h3-6H,8-11H2,1-2H3;1-5H2;;;;/q-1;;;;;+2. The molecular formula is C23H28NO6SW+. The summed E-state index contributed by atoms with van der Waals surface area (Å²) < 4.78 is 54.8. The Labute approximate surface area is 206 Å². The molecule has 0 radical (unpaired) electrons. The van der Waals surface area contributed by atoms with Crippen molar-refractivity contribution in [2.24, 2.45) is 5.41 Å². The molecule has 1 aromatic rings. The van der Waals surface area contributed by atoms with E-state index < -0.39 is 10.0 Å². The zero-order valence-corrected chi connectivity index (χ0v) is 22.1. The minimum absolute atomic E-state index is 0. The summed E-state index contributed by atoms with van der Waals surface area (Å²) in [5, 5.41) is 0. The predicted molar refractivity (Wildman–Crippen MR) is 110 cm³/mol. The largest absolute Gasteiger partial charge is 2.00 e. The molecule has 0 N–H and O–H groups in total. The third-order valence-electron chi connectivity index (χ3n) is 5.31. The van der Waals surface area contributed by atoms with Crippen molar-refractivity contribution >= 4 is 10.0 Å². The van der Waals surface area contributed by atoms with Crippen molar-refractivity contribution < 1.29 is 48.2 Å². The Bertz CT molecular complexity index is 835. The molecule has 172 valence electrons. The van der Waals surface area contributed by atoms with Crippen molar-refractivity contribution in [2.45, 2.75) is 50.8 Å². The van der Waals surface area contributed by atoms with Crippen LogP contribution in [0.1, 0.15) is 44.6 Å². The van der Waals surface area contributed by atoms with Crippen LogP contribution >= 0.6 is 0 Å². The van der Waals surface area contributed by atoms with Crippen molar-refractivity contribution in [3.63, 3.8) is 0 Å². The van der Waals surface area contributed by atoms with E-state index in [9.17, 15) is 8.42 Å². The number of ether oxygens (including phenoxy) is 1. The van der Waals surface area contributed by atoms with Crippen LogP contribution in [-0.2, 0) is 49.8 Å². The molecule has 2 heterocycles. The smallest absolute Gasteiger partial charge is 2.00 e. The fraction of sp³-hybridized carbons (Fsp3) is 0.522. The first-order valence-corrected chi connectivity index (χ1v) is 11.2. The number of hydrogen-bond donors (Lipinski definition) is 0. The van der Waals surface area contributed by atoms with E-state index in [1.165, 1.54) is 36.4 Å². The molecule has 3 aliphatic rings. The van der Waals surface area contributed by atoms with Gasteiger partial charge in [-0.15, -0.1) is 0 Å². The van der Waals surface area contributed by atoms with Gasteiger partial charge in [0.25, 0.3) is 0 Å². The van der Waals surface area contributed by atoms with Gasteiger partial charge >= 0.3 is 55.0 Å².